The summed E-state index contributed by atoms with van der Waals surface area (Å²) in [6.45, 7) is 3.05. The Labute approximate surface area is 173 Å². The van der Waals surface area contributed by atoms with E-state index in [0.717, 1.165) is 28.1 Å². The summed E-state index contributed by atoms with van der Waals surface area (Å²) in [7, 11) is 1.65. The van der Waals surface area contributed by atoms with Gasteiger partial charge in [0, 0.05) is 29.1 Å². The number of benzene rings is 2. The number of halogens is 1. The highest BCUT2D eigenvalue weighted by Gasteiger charge is 2.13. The van der Waals surface area contributed by atoms with Gasteiger partial charge in [-0.2, -0.15) is 5.10 Å². The van der Waals surface area contributed by atoms with Crippen LogP contribution in [0.15, 0.2) is 59.4 Å². The van der Waals surface area contributed by atoms with Crippen LogP contribution in [0.1, 0.15) is 16.8 Å². The molecule has 0 atom stereocenters. The summed E-state index contributed by atoms with van der Waals surface area (Å²) in [5, 5.41) is 9.48. The molecular formula is C22H21ClN4O2. The van der Waals surface area contributed by atoms with Gasteiger partial charge in [0.25, 0.3) is 5.56 Å². The van der Waals surface area contributed by atoms with Gasteiger partial charge >= 0.3 is 0 Å². The molecule has 29 heavy (non-hydrogen) atoms. The summed E-state index contributed by atoms with van der Waals surface area (Å²) < 4.78 is 6.90. The number of methoxy groups -OCH3 is 1. The van der Waals surface area contributed by atoms with Crippen molar-refractivity contribution < 1.29 is 4.74 Å². The Morgan fingerprint density at radius 1 is 1.10 bits per heavy atom. The van der Waals surface area contributed by atoms with Crippen LogP contribution in [-0.4, -0.2) is 21.9 Å². The predicted molar refractivity (Wildman–Crippen MR) is 115 cm³/mol. The van der Waals surface area contributed by atoms with Crippen molar-refractivity contribution in [2.24, 2.45) is 0 Å². The second-order valence-corrected chi connectivity index (χ2v) is 7.25. The highest BCUT2D eigenvalue weighted by Crippen LogP contribution is 2.21. The third kappa shape index (κ3) is 4.04. The summed E-state index contributed by atoms with van der Waals surface area (Å²) in [6, 6.07) is 17.1. The highest BCUT2D eigenvalue weighted by atomic mass is 35.5. The molecule has 0 unspecified atom stereocenters. The monoisotopic (exact) mass is 408 g/mol. The van der Waals surface area contributed by atoms with Gasteiger partial charge in [-0.15, -0.1) is 0 Å². The average molecular weight is 409 g/mol. The van der Waals surface area contributed by atoms with Gasteiger partial charge in [-0.05, 0) is 55.0 Å². The van der Waals surface area contributed by atoms with Crippen molar-refractivity contribution in [3.8, 4) is 11.4 Å². The van der Waals surface area contributed by atoms with E-state index >= 15 is 0 Å². The zero-order chi connectivity index (χ0) is 20.4. The standard InChI is InChI=1S/C22H21ClN4O2/c1-14-20-11-16(13-24-12-15-3-9-19(29-2)10-4-15)22(28)25-21(20)27(26-14)18-7-5-17(23)6-8-18/h3-11,24H,12-13H2,1-2H3,(H,25,28). The van der Waals surface area contributed by atoms with E-state index in [2.05, 4.69) is 15.4 Å². The van der Waals surface area contributed by atoms with Crippen molar-refractivity contribution in [1.82, 2.24) is 20.1 Å². The average Bonchev–Trinajstić information content (AvgIpc) is 3.04. The second kappa shape index (κ2) is 8.11. The number of ether oxygens (including phenoxy) is 1. The lowest BCUT2D eigenvalue weighted by molar-refractivity contribution is 0.414. The molecule has 2 aromatic carbocycles. The molecule has 148 valence electrons. The van der Waals surface area contributed by atoms with E-state index in [0.29, 0.717) is 29.3 Å². The maximum atomic E-state index is 12.6. The van der Waals surface area contributed by atoms with Gasteiger partial charge in [0.1, 0.15) is 11.4 Å². The SMILES string of the molecule is COc1ccc(CNCc2cc3c(C)nn(-c4ccc(Cl)cc4)c3[nH]c2=O)cc1. The molecule has 0 amide bonds. The molecule has 0 aliphatic rings. The van der Waals surface area contributed by atoms with Crippen LogP contribution in [0, 0.1) is 6.92 Å². The number of aromatic amines is 1. The third-order valence-corrected chi connectivity index (χ3v) is 5.08. The van der Waals surface area contributed by atoms with Gasteiger partial charge in [-0.25, -0.2) is 4.68 Å². The number of hydrogen-bond acceptors (Lipinski definition) is 4. The van der Waals surface area contributed by atoms with Crippen LogP contribution in [0.2, 0.25) is 5.02 Å². The molecule has 2 N–H and O–H groups in total. The van der Waals surface area contributed by atoms with Crippen LogP contribution in [0.4, 0.5) is 0 Å². The van der Waals surface area contributed by atoms with Crippen LogP contribution >= 0.6 is 11.6 Å². The fourth-order valence-electron chi connectivity index (χ4n) is 3.25. The Kier molecular flexibility index (Phi) is 5.38. The van der Waals surface area contributed by atoms with E-state index in [1.807, 2.05) is 49.4 Å². The summed E-state index contributed by atoms with van der Waals surface area (Å²) in [4.78, 5) is 15.6. The normalized spacial score (nSPS) is 11.1. The maximum Gasteiger partial charge on any atom is 0.254 e. The van der Waals surface area contributed by atoms with Crippen LogP contribution in [0.25, 0.3) is 16.7 Å². The molecule has 0 saturated carbocycles. The number of hydrogen-bond donors (Lipinski definition) is 2. The Balaban J connectivity index is 1.56. The molecule has 4 aromatic rings. The van der Waals surface area contributed by atoms with Crippen LogP contribution < -0.4 is 15.6 Å². The molecule has 0 radical (unpaired) electrons. The molecule has 0 saturated heterocycles. The van der Waals surface area contributed by atoms with E-state index in [9.17, 15) is 4.79 Å². The Hall–Kier alpha value is -3.09. The molecular weight excluding hydrogens is 388 g/mol. The number of rotatable bonds is 6. The minimum Gasteiger partial charge on any atom is -0.497 e. The number of nitrogens with one attached hydrogen (secondary N) is 2. The molecule has 0 spiro atoms. The molecule has 6 nitrogen and oxygen atoms in total. The Morgan fingerprint density at radius 2 is 1.83 bits per heavy atom. The summed E-state index contributed by atoms with van der Waals surface area (Å²) in [5.74, 6) is 0.823. The molecule has 2 aromatic heterocycles. The Bertz CT molecular complexity index is 1190. The fourth-order valence-corrected chi connectivity index (χ4v) is 3.37. The molecule has 4 rings (SSSR count). The van der Waals surface area contributed by atoms with Crippen LogP contribution in [0.5, 0.6) is 5.75 Å². The minimum absolute atomic E-state index is 0.130. The van der Waals surface area contributed by atoms with Crippen molar-refractivity contribution in [2.45, 2.75) is 20.0 Å². The van der Waals surface area contributed by atoms with E-state index < -0.39 is 0 Å². The van der Waals surface area contributed by atoms with Crippen molar-refractivity contribution >= 4 is 22.6 Å². The van der Waals surface area contributed by atoms with Gasteiger partial charge < -0.3 is 15.0 Å². The summed E-state index contributed by atoms with van der Waals surface area (Å²) >= 11 is 5.98. The van der Waals surface area contributed by atoms with Gasteiger partial charge in [-0.3, -0.25) is 4.79 Å². The first-order valence-corrected chi connectivity index (χ1v) is 9.64. The lowest BCUT2D eigenvalue weighted by atomic mass is 10.2. The first-order valence-electron chi connectivity index (χ1n) is 9.26. The molecule has 0 bridgehead atoms. The fraction of sp³-hybridized carbons (Fsp3) is 0.182. The van der Waals surface area contributed by atoms with E-state index in [-0.39, 0.29) is 5.56 Å². The lowest BCUT2D eigenvalue weighted by Gasteiger charge is -2.07. The predicted octanol–water partition coefficient (Wildman–Crippen LogP) is 3.97. The Morgan fingerprint density at radius 3 is 2.52 bits per heavy atom. The lowest BCUT2D eigenvalue weighted by Crippen LogP contribution is -2.21. The van der Waals surface area contributed by atoms with Crippen molar-refractivity contribution in [3.63, 3.8) is 0 Å². The van der Waals surface area contributed by atoms with E-state index in [1.165, 1.54) is 0 Å². The van der Waals surface area contributed by atoms with Gasteiger partial charge in [0.15, 0.2) is 0 Å². The summed E-state index contributed by atoms with van der Waals surface area (Å²) in [6.07, 6.45) is 0. The molecule has 0 aliphatic carbocycles. The smallest absolute Gasteiger partial charge is 0.254 e. The van der Waals surface area contributed by atoms with Crippen molar-refractivity contribution in [3.05, 3.63) is 86.8 Å². The summed E-state index contributed by atoms with van der Waals surface area (Å²) in [5.41, 5.74) is 4.03. The zero-order valence-corrected chi connectivity index (χ0v) is 17.0. The molecule has 2 heterocycles. The molecule has 0 fully saturated rings. The number of nitrogens with zero attached hydrogens (tertiary/aromatic N) is 2. The first kappa shape index (κ1) is 19.2. The van der Waals surface area contributed by atoms with Crippen molar-refractivity contribution in [1.29, 1.82) is 0 Å². The zero-order valence-electron chi connectivity index (χ0n) is 16.2. The molecule has 7 heteroatoms. The second-order valence-electron chi connectivity index (χ2n) is 6.81. The van der Waals surface area contributed by atoms with E-state index in [4.69, 9.17) is 16.3 Å². The van der Waals surface area contributed by atoms with Crippen molar-refractivity contribution in [2.75, 3.05) is 7.11 Å². The quantitative estimate of drug-likeness (QED) is 0.506. The molecule has 0 aliphatic heterocycles. The number of H-pyrrole nitrogens is 1. The van der Waals surface area contributed by atoms with Crippen LogP contribution in [0.3, 0.4) is 0 Å². The van der Waals surface area contributed by atoms with Gasteiger partial charge in [0.05, 0.1) is 18.5 Å². The topological polar surface area (TPSA) is 71.9 Å². The maximum absolute atomic E-state index is 12.6. The third-order valence-electron chi connectivity index (χ3n) is 4.82. The minimum atomic E-state index is -0.130. The highest BCUT2D eigenvalue weighted by molar-refractivity contribution is 6.30. The number of aryl methyl sites for hydroxylation is 1. The largest absolute Gasteiger partial charge is 0.497 e. The van der Waals surface area contributed by atoms with Crippen LogP contribution in [-0.2, 0) is 13.1 Å². The van der Waals surface area contributed by atoms with Gasteiger partial charge in [0.2, 0.25) is 0 Å². The van der Waals surface area contributed by atoms with E-state index in [1.54, 1.807) is 23.9 Å². The van der Waals surface area contributed by atoms with Gasteiger partial charge in [-0.1, -0.05) is 23.7 Å². The number of pyridine rings is 1. The number of fused-ring (bicyclic) bond motifs is 1. The first-order chi connectivity index (χ1) is 14.0. The number of aromatic nitrogens is 3.